The van der Waals surface area contributed by atoms with Gasteiger partial charge in [0.05, 0.1) is 59.4 Å². The van der Waals surface area contributed by atoms with Gasteiger partial charge in [0.1, 0.15) is 23.0 Å². The van der Waals surface area contributed by atoms with Crippen LogP contribution in [0.2, 0.25) is 0 Å². The maximum absolute atomic E-state index is 7.06. The molecule has 4 aromatic rings. The van der Waals surface area contributed by atoms with E-state index in [0.29, 0.717) is 74.0 Å². The Hall–Kier alpha value is -5.85. The van der Waals surface area contributed by atoms with E-state index in [1.165, 1.54) is 0 Å². The van der Waals surface area contributed by atoms with Crippen molar-refractivity contribution < 1.29 is 28.4 Å². The normalized spacial score (nSPS) is 10.2. The summed E-state index contributed by atoms with van der Waals surface area (Å²) in [4.78, 5) is 10.2. The highest BCUT2D eigenvalue weighted by atomic mass is 16.5. The molecule has 0 N–H and O–H groups in total. The zero-order chi connectivity index (χ0) is 33.7. The van der Waals surface area contributed by atoms with Crippen molar-refractivity contribution in [1.82, 2.24) is 0 Å². The van der Waals surface area contributed by atoms with Crippen LogP contribution >= 0.6 is 0 Å². The molecule has 9 nitrogen and oxygen atoms in total. The number of unbranched alkanes of at least 4 members (excludes halogenated alkanes) is 3. The van der Waals surface area contributed by atoms with Crippen LogP contribution in [0.3, 0.4) is 0 Å². The monoisotopic (exact) mass is 645 g/mol. The average Bonchev–Trinajstić information content (AvgIpc) is 3.14. The Morgan fingerprint density at radius 1 is 0.333 bits per heavy atom. The van der Waals surface area contributed by atoms with Gasteiger partial charge in [-0.25, -0.2) is 14.5 Å². The Balaban J connectivity index is 1.19. The molecule has 48 heavy (non-hydrogen) atoms. The van der Waals surface area contributed by atoms with Crippen LogP contribution in [-0.2, 0) is 0 Å². The molecular weight excluding hydrogens is 606 g/mol. The lowest BCUT2D eigenvalue weighted by Crippen LogP contribution is -2.06. The van der Waals surface area contributed by atoms with Gasteiger partial charge in [0.15, 0.2) is 28.6 Å². The van der Waals surface area contributed by atoms with Crippen LogP contribution < -0.4 is 28.4 Å². The minimum absolute atomic E-state index is 0.494. The molecule has 0 saturated carbocycles. The van der Waals surface area contributed by atoms with Crippen LogP contribution in [0.1, 0.15) is 38.5 Å². The first-order valence-electron chi connectivity index (χ1n) is 16.0. The van der Waals surface area contributed by atoms with Crippen LogP contribution in [0.25, 0.3) is 14.5 Å². The Labute approximate surface area is 283 Å². The molecule has 0 amide bonds. The molecule has 0 unspecified atom stereocenters. The molecular formula is C39H39N3O6. The van der Waals surface area contributed by atoms with Crippen molar-refractivity contribution in [2.45, 2.75) is 38.5 Å². The summed E-state index contributed by atoms with van der Waals surface area (Å²) in [5, 5.41) is 0. The maximum atomic E-state index is 7.06. The zero-order valence-corrected chi connectivity index (χ0v) is 26.9. The lowest BCUT2D eigenvalue weighted by atomic mass is 10.2. The summed E-state index contributed by atoms with van der Waals surface area (Å²) in [6.07, 6.45) is 4.87. The van der Waals surface area contributed by atoms with Gasteiger partial charge in [-0.15, -0.1) is 0 Å². The molecule has 0 radical (unpaired) electrons. The smallest absolute Gasteiger partial charge is 0.187 e. The fourth-order valence-electron chi connectivity index (χ4n) is 4.40. The second-order valence-corrected chi connectivity index (χ2v) is 10.6. The van der Waals surface area contributed by atoms with Crippen LogP contribution in [0.4, 0.5) is 17.1 Å². The molecule has 0 aliphatic rings. The molecule has 4 aromatic carbocycles. The third-order valence-corrected chi connectivity index (χ3v) is 7.02. The highest BCUT2D eigenvalue weighted by Gasteiger charge is 2.09. The van der Waals surface area contributed by atoms with E-state index in [1.54, 1.807) is 36.4 Å². The standard InChI is InChI=1S/C39H39N3O6/c1-40-31-10-16-34(17-11-31)43-24-4-5-27-46-37-22-23-38(47-28-8-6-25-44-35-18-12-32(41-2)13-19-35)39(30-37)48-29-9-7-26-45-36-20-14-33(42-3)15-21-36/h10-23,30H,4-9,24-29H2. The van der Waals surface area contributed by atoms with Crippen molar-refractivity contribution in [3.8, 4) is 34.5 Å². The summed E-state index contributed by atoms with van der Waals surface area (Å²) >= 11 is 0. The molecule has 9 heteroatoms. The number of hydrogen-bond donors (Lipinski definition) is 0. The number of nitrogens with zero attached hydrogens (tertiary/aromatic N) is 3. The van der Waals surface area contributed by atoms with Gasteiger partial charge in [-0.1, -0.05) is 36.4 Å². The first-order chi connectivity index (χ1) is 23.7. The van der Waals surface area contributed by atoms with Gasteiger partial charge >= 0.3 is 0 Å². The minimum Gasteiger partial charge on any atom is -0.494 e. The third-order valence-electron chi connectivity index (χ3n) is 7.02. The molecule has 0 saturated heterocycles. The second-order valence-electron chi connectivity index (χ2n) is 10.6. The van der Waals surface area contributed by atoms with Crippen molar-refractivity contribution in [2.75, 3.05) is 39.6 Å². The second kappa shape index (κ2) is 20.3. The molecule has 0 aliphatic carbocycles. The first-order valence-corrected chi connectivity index (χ1v) is 16.0. The minimum atomic E-state index is 0.494. The van der Waals surface area contributed by atoms with E-state index < -0.39 is 0 Å². The zero-order valence-electron chi connectivity index (χ0n) is 26.9. The third kappa shape index (κ3) is 12.5. The summed E-state index contributed by atoms with van der Waals surface area (Å²) in [6.45, 7) is 24.4. The van der Waals surface area contributed by atoms with Crippen molar-refractivity contribution in [3.05, 3.63) is 125 Å². The van der Waals surface area contributed by atoms with Crippen molar-refractivity contribution in [1.29, 1.82) is 0 Å². The fraction of sp³-hybridized carbons (Fsp3) is 0.308. The molecule has 0 atom stereocenters. The largest absolute Gasteiger partial charge is 0.494 e. The van der Waals surface area contributed by atoms with Crippen molar-refractivity contribution >= 4 is 17.1 Å². The van der Waals surface area contributed by atoms with Crippen LogP contribution in [0, 0.1) is 19.7 Å². The Bertz CT molecular complexity index is 1650. The van der Waals surface area contributed by atoms with E-state index in [1.807, 2.05) is 54.6 Å². The van der Waals surface area contributed by atoms with E-state index in [-0.39, 0.29) is 0 Å². The fourth-order valence-corrected chi connectivity index (χ4v) is 4.40. The van der Waals surface area contributed by atoms with Gasteiger partial charge in [0.25, 0.3) is 0 Å². The van der Waals surface area contributed by atoms with Gasteiger partial charge < -0.3 is 28.4 Å². The lowest BCUT2D eigenvalue weighted by Gasteiger charge is -2.15. The SMILES string of the molecule is [C-]#[N+]c1ccc(OCCCCOc2ccc(OCCCCOc3ccc([N+]#[C-])cc3)c(OCCCCOc3ccc([N+]#[C-])cc3)c2)cc1. The number of rotatable bonds is 21. The van der Waals surface area contributed by atoms with Gasteiger partial charge in [0, 0.05) is 6.07 Å². The highest BCUT2D eigenvalue weighted by molar-refractivity contribution is 5.49. The molecule has 0 aromatic heterocycles. The van der Waals surface area contributed by atoms with Crippen LogP contribution in [-0.4, -0.2) is 39.6 Å². The highest BCUT2D eigenvalue weighted by Crippen LogP contribution is 2.32. The van der Waals surface area contributed by atoms with E-state index in [2.05, 4.69) is 14.5 Å². The van der Waals surface area contributed by atoms with E-state index in [9.17, 15) is 0 Å². The van der Waals surface area contributed by atoms with Crippen LogP contribution in [0.5, 0.6) is 34.5 Å². The molecule has 0 heterocycles. The predicted octanol–water partition coefficient (Wildman–Crippen LogP) is 10.1. The topological polar surface area (TPSA) is 68.5 Å². The number of hydrogen-bond acceptors (Lipinski definition) is 6. The summed E-state index contributed by atoms with van der Waals surface area (Å²) < 4.78 is 35.6. The molecule has 0 spiro atoms. The maximum Gasteiger partial charge on any atom is 0.187 e. The molecule has 0 bridgehead atoms. The average molecular weight is 646 g/mol. The first kappa shape index (κ1) is 35.0. The molecule has 4 rings (SSSR count). The quantitative estimate of drug-likeness (QED) is 0.0664. The number of benzene rings is 4. The summed E-state index contributed by atoms with van der Waals surface area (Å²) in [7, 11) is 0. The molecule has 0 fully saturated rings. The van der Waals surface area contributed by atoms with Gasteiger partial charge in [-0.3, -0.25) is 0 Å². The molecule has 0 aliphatic heterocycles. The number of ether oxygens (including phenoxy) is 6. The van der Waals surface area contributed by atoms with E-state index >= 15 is 0 Å². The Morgan fingerprint density at radius 2 is 0.625 bits per heavy atom. The summed E-state index contributed by atoms with van der Waals surface area (Å²) in [5.41, 5.74) is 1.78. The van der Waals surface area contributed by atoms with E-state index in [4.69, 9.17) is 48.1 Å². The van der Waals surface area contributed by atoms with Crippen molar-refractivity contribution in [2.24, 2.45) is 0 Å². The lowest BCUT2D eigenvalue weighted by molar-refractivity contribution is 0.236. The summed E-state index contributed by atoms with van der Waals surface area (Å²) in [5.74, 6) is 4.24. The van der Waals surface area contributed by atoms with Gasteiger partial charge in [0.2, 0.25) is 0 Å². The van der Waals surface area contributed by atoms with Gasteiger partial charge in [-0.2, -0.15) is 0 Å². The Kier molecular flexibility index (Phi) is 14.8. The Morgan fingerprint density at radius 3 is 0.979 bits per heavy atom. The van der Waals surface area contributed by atoms with Crippen LogP contribution in [0.15, 0.2) is 91.0 Å². The van der Waals surface area contributed by atoms with Crippen molar-refractivity contribution in [3.63, 3.8) is 0 Å². The van der Waals surface area contributed by atoms with E-state index in [0.717, 1.165) is 55.8 Å². The summed E-state index contributed by atoms with van der Waals surface area (Å²) in [6, 6.07) is 27.0. The predicted molar refractivity (Wildman–Crippen MR) is 185 cm³/mol. The molecule has 246 valence electrons. The van der Waals surface area contributed by atoms with Gasteiger partial charge in [-0.05, 0) is 87.1 Å².